The van der Waals surface area contributed by atoms with Gasteiger partial charge in [-0.05, 0) is 26.0 Å². The van der Waals surface area contributed by atoms with Crippen LogP contribution in [0.3, 0.4) is 0 Å². The molecule has 0 spiro atoms. The highest BCUT2D eigenvalue weighted by molar-refractivity contribution is 7.11. The fourth-order valence-electron chi connectivity index (χ4n) is 2.04. The highest BCUT2D eigenvalue weighted by Gasteiger charge is 2.27. The van der Waals surface area contributed by atoms with E-state index in [1.165, 1.54) is 4.88 Å². The molecular formula is C15H16N2O3S. The first-order valence-electron chi connectivity index (χ1n) is 6.72. The lowest BCUT2D eigenvalue weighted by Crippen LogP contribution is -2.43. The molecule has 0 radical (unpaired) electrons. The average molecular weight is 304 g/mol. The minimum Gasteiger partial charge on any atom is -0.485 e. The van der Waals surface area contributed by atoms with Crippen molar-refractivity contribution >= 4 is 17.2 Å². The van der Waals surface area contributed by atoms with E-state index in [9.17, 15) is 4.79 Å². The van der Waals surface area contributed by atoms with Gasteiger partial charge in [0.25, 0.3) is 5.91 Å². The molecule has 0 saturated heterocycles. The van der Waals surface area contributed by atoms with Crippen LogP contribution in [-0.4, -0.2) is 23.6 Å². The van der Waals surface area contributed by atoms with E-state index in [4.69, 9.17) is 9.47 Å². The zero-order valence-corrected chi connectivity index (χ0v) is 12.7. The third-order valence-electron chi connectivity index (χ3n) is 3.29. The maximum atomic E-state index is 12.1. The smallest absolute Gasteiger partial charge is 0.265 e. The first kappa shape index (κ1) is 13.9. The normalized spacial score (nSPS) is 16.6. The van der Waals surface area contributed by atoms with Crippen molar-refractivity contribution in [3.8, 4) is 11.5 Å². The summed E-state index contributed by atoms with van der Waals surface area (Å²) < 4.78 is 11.2. The van der Waals surface area contributed by atoms with Gasteiger partial charge in [0.15, 0.2) is 11.5 Å². The fourth-order valence-corrected chi connectivity index (χ4v) is 2.91. The molecule has 1 unspecified atom stereocenters. The van der Waals surface area contributed by atoms with Crippen molar-refractivity contribution in [2.24, 2.45) is 0 Å². The van der Waals surface area contributed by atoms with E-state index in [1.807, 2.05) is 32.0 Å². The van der Waals surface area contributed by atoms with Crippen molar-refractivity contribution in [1.29, 1.82) is 0 Å². The number of aryl methyl sites for hydroxylation is 2. The van der Waals surface area contributed by atoms with Crippen LogP contribution in [0, 0.1) is 13.8 Å². The third kappa shape index (κ3) is 3.00. The predicted molar refractivity (Wildman–Crippen MR) is 79.8 cm³/mol. The second-order valence-electron chi connectivity index (χ2n) is 4.83. The molecule has 1 aliphatic heterocycles. The van der Waals surface area contributed by atoms with Crippen LogP contribution >= 0.6 is 11.3 Å². The highest BCUT2D eigenvalue weighted by Crippen LogP contribution is 2.30. The summed E-state index contributed by atoms with van der Waals surface area (Å²) >= 11 is 1.59. The van der Waals surface area contributed by atoms with Crippen LogP contribution in [0.25, 0.3) is 0 Å². The summed E-state index contributed by atoms with van der Waals surface area (Å²) in [6.45, 7) is 4.62. The van der Waals surface area contributed by atoms with Crippen LogP contribution < -0.4 is 14.8 Å². The molecule has 1 atom stereocenters. The summed E-state index contributed by atoms with van der Waals surface area (Å²) in [5.74, 6) is 1.09. The van der Waals surface area contributed by atoms with Crippen molar-refractivity contribution in [3.05, 3.63) is 39.8 Å². The van der Waals surface area contributed by atoms with Crippen molar-refractivity contribution in [2.45, 2.75) is 26.5 Å². The molecule has 3 rings (SSSR count). The van der Waals surface area contributed by atoms with Gasteiger partial charge in [-0.15, -0.1) is 11.3 Å². The Kier molecular flexibility index (Phi) is 3.79. The molecule has 0 fully saturated rings. The highest BCUT2D eigenvalue weighted by atomic mass is 32.1. The van der Waals surface area contributed by atoms with E-state index in [0.29, 0.717) is 18.0 Å². The van der Waals surface area contributed by atoms with E-state index >= 15 is 0 Å². The second kappa shape index (κ2) is 5.73. The Hall–Kier alpha value is -2.08. The van der Waals surface area contributed by atoms with Crippen molar-refractivity contribution in [2.75, 3.05) is 6.61 Å². The van der Waals surface area contributed by atoms with Crippen LogP contribution in [0.15, 0.2) is 24.3 Å². The molecule has 1 aromatic heterocycles. The van der Waals surface area contributed by atoms with Gasteiger partial charge in [0.05, 0.1) is 12.2 Å². The standard InChI is InChI=1S/C15H16N2O3S/c1-9-10(2)21-14(17-9)7-16-15(18)13-8-19-11-5-3-4-6-12(11)20-13/h3-6,13H,7-8H2,1-2H3,(H,16,18). The molecule has 5 nitrogen and oxygen atoms in total. The van der Waals surface area contributed by atoms with Crippen molar-refractivity contribution < 1.29 is 14.3 Å². The third-order valence-corrected chi connectivity index (χ3v) is 4.36. The van der Waals surface area contributed by atoms with Gasteiger partial charge in [-0.25, -0.2) is 4.98 Å². The second-order valence-corrected chi connectivity index (χ2v) is 6.12. The Labute approximate surface area is 126 Å². The maximum Gasteiger partial charge on any atom is 0.265 e. The van der Waals surface area contributed by atoms with Crippen LogP contribution in [-0.2, 0) is 11.3 Å². The first-order chi connectivity index (χ1) is 10.1. The molecule has 1 aromatic carbocycles. The number of carbonyl (C=O) groups is 1. The molecule has 1 amide bonds. The number of ether oxygens (including phenoxy) is 2. The lowest BCUT2D eigenvalue weighted by Gasteiger charge is -2.25. The zero-order valence-electron chi connectivity index (χ0n) is 11.9. The first-order valence-corrected chi connectivity index (χ1v) is 7.54. The summed E-state index contributed by atoms with van der Waals surface area (Å²) in [5, 5.41) is 3.74. The summed E-state index contributed by atoms with van der Waals surface area (Å²) in [6, 6.07) is 7.34. The number of para-hydroxylation sites is 2. The van der Waals surface area contributed by atoms with Gasteiger partial charge in [0.2, 0.25) is 6.10 Å². The molecule has 1 aliphatic rings. The fraction of sp³-hybridized carbons (Fsp3) is 0.333. The van der Waals surface area contributed by atoms with E-state index < -0.39 is 6.10 Å². The maximum absolute atomic E-state index is 12.1. The Morgan fingerprint density at radius 3 is 2.86 bits per heavy atom. The van der Waals surface area contributed by atoms with Gasteiger partial charge in [-0.1, -0.05) is 12.1 Å². The molecule has 2 aromatic rings. The largest absolute Gasteiger partial charge is 0.485 e. The lowest BCUT2D eigenvalue weighted by atomic mass is 10.2. The number of hydrogen-bond acceptors (Lipinski definition) is 5. The molecule has 21 heavy (non-hydrogen) atoms. The molecule has 110 valence electrons. The van der Waals surface area contributed by atoms with Crippen molar-refractivity contribution in [3.63, 3.8) is 0 Å². The summed E-state index contributed by atoms with van der Waals surface area (Å²) in [7, 11) is 0. The lowest BCUT2D eigenvalue weighted by molar-refractivity contribution is -0.130. The summed E-state index contributed by atoms with van der Waals surface area (Å²) in [6.07, 6.45) is -0.623. The Bertz CT molecular complexity index is 649. The number of rotatable bonds is 3. The molecule has 2 heterocycles. The van der Waals surface area contributed by atoms with Gasteiger partial charge in [0.1, 0.15) is 11.6 Å². The van der Waals surface area contributed by atoms with Gasteiger partial charge in [0, 0.05) is 4.88 Å². The number of carbonyl (C=O) groups excluding carboxylic acids is 1. The van der Waals surface area contributed by atoms with Crippen LogP contribution in [0.5, 0.6) is 11.5 Å². The van der Waals surface area contributed by atoms with Crippen LogP contribution in [0.4, 0.5) is 0 Å². The average Bonchev–Trinajstić information content (AvgIpc) is 2.83. The van der Waals surface area contributed by atoms with E-state index in [1.54, 1.807) is 17.4 Å². The molecule has 1 N–H and O–H groups in total. The Balaban J connectivity index is 1.59. The minimum atomic E-state index is -0.623. The number of aromatic nitrogens is 1. The van der Waals surface area contributed by atoms with Crippen molar-refractivity contribution in [1.82, 2.24) is 10.3 Å². The molecule has 0 bridgehead atoms. The number of benzene rings is 1. The topological polar surface area (TPSA) is 60.5 Å². The van der Waals surface area contributed by atoms with Gasteiger partial charge in [-0.3, -0.25) is 4.79 Å². The summed E-state index contributed by atoms with van der Waals surface area (Å²) in [4.78, 5) is 17.7. The number of amides is 1. The Morgan fingerprint density at radius 1 is 1.38 bits per heavy atom. The number of nitrogens with zero attached hydrogens (tertiary/aromatic N) is 1. The SMILES string of the molecule is Cc1nc(CNC(=O)C2COc3ccccc3O2)sc1C. The molecule has 0 saturated carbocycles. The van der Waals surface area contributed by atoms with Gasteiger partial charge in [-0.2, -0.15) is 0 Å². The molecule has 0 aliphatic carbocycles. The van der Waals surface area contributed by atoms with E-state index in [0.717, 1.165) is 10.7 Å². The van der Waals surface area contributed by atoms with Gasteiger partial charge < -0.3 is 14.8 Å². The van der Waals surface area contributed by atoms with E-state index in [2.05, 4.69) is 10.3 Å². The zero-order chi connectivity index (χ0) is 14.8. The minimum absolute atomic E-state index is 0.185. The van der Waals surface area contributed by atoms with E-state index in [-0.39, 0.29) is 12.5 Å². The Morgan fingerprint density at radius 2 is 2.14 bits per heavy atom. The predicted octanol–water partition coefficient (Wildman–Crippen LogP) is 2.22. The van der Waals surface area contributed by atoms with Crippen LogP contribution in [0.2, 0.25) is 0 Å². The van der Waals surface area contributed by atoms with Crippen LogP contribution in [0.1, 0.15) is 15.6 Å². The monoisotopic (exact) mass is 304 g/mol. The number of nitrogens with one attached hydrogen (secondary N) is 1. The number of hydrogen-bond donors (Lipinski definition) is 1. The molecular weight excluding hydrogens is 288 g/mol. The number of fused-ring (bicyclic) bond motifs is 1. The quantitative estimate of drug-likeness (QED) is 0.944. The number of thiazole rings is 1. The summed E-state index contributed by atoms with van der Waals surface area (Å²) in [5.41, 5.74) is 1.01. The van der Waals surface area contributed by atoms with Gasteiger partial charge >= 0.3 is 0 Å². The molecule has 6 heteroatoms.